The lowest BCUT2D eigenvalue weighted by Gasteiger charge is -2.09. The summed E-state index contributed by atoms with van der Waals surface area (Å²) in [7, 11) is 0. The van der Waals surface area contributed by atoms with Gasteiger partial charge in [0.25, 0.3) is 5.91 Å². The topological polar surface area (TPSA) is 46.4 Å². The van der Waals surface area contributed by atoms with Crippen LogP contribution in [0, 0.1) is 20.8 Å². The van der Waals surface area contributed by atoms with Gasteiger partial charge >= 0.3 is 0 Å². The van der Waals surface area contributed by atoms with Crippen LogP contribution in [0.4, 0.5) is 0 Å². The predicted octanol–water partition coefficient (Wildman–Crippen LogP) is 5.38. The number of hydrogen-bond donors (Lipinski definition) is 1. The standard InChI is InChI=1S/C26H25N3O/c1-18-12-14-21(15-13-18)17-29-20(3)24(23-10-6-7-11-25(23)29)16-27-28-26(30)22-9-5-4-8-19(22)2/h4-16H,17H2,1-3H3,(H,28,30)/b27-16+. The normalized spacial score (nSPS) is 11.3. The first-order chi connectivity index (χ1) is 14.5. The van der Waals surface area contributed by atoms with E-state index in [9.17, 15) is 4.79 Å². The number of nitrogens with one attached hydrogen (secondary N) is 1. The summed E-state index contributed by atoms with van der Waals surface area (Å²) < 4.78 is 2.30. The summed E-state index contributed by atoms with van der Waals surface area (Å²) in [5.41, 5.74) is 10.0. The number of hydrogen-bond acceptors (Lipinski definition) is 2. The van der Waals surface area contributed by atoms with Crippen molar-refractivity contribution in [2.75, 3.05) is 0 Å². The molecule has 4 rings (SSSR count). The number of aromatic nitrogens is 1. The molecule has 30 heavy (non-hydrogen) atoms. The number of hydrazone groups is 1. The van der Waals surface area contributed by atoms with Crippen LogP contribution < -0.4 is 5.43 Å². The number of amides is 1. The molecule has 0 unspecified atom stereocenters. The number of para-hydroxylation sites is 1. The number of carbonyl (C=O) groups is 1. The minimum absolute atomic E-state index is 0.203. The van der Waals surface area contributed by atoms with Gasteiger partial charge in [0.15, 0.2) is 0 Å². The van der Waals surface area contributed by atoms with Crippen molar-refractivity contribution >= 4 is 23.0 Å². The van der Waals surface area contributed by atoms with Crippen molar-refractivity contribution in [3.8, 4) is 0 Å². The van der Waals surface area contributed by atoms with E-state index >= 15 is 0 Å². The zero-order valence-corrected chi connectivity index (χ0v) is 17.5. The molecule has 0 aliphatic carbocycles. The van der Waals surface area contributed by atoms with Crippen LogP contribution in [0.1, 0.15) is 38.3 Å². The second kappa shape index (κ2) is 8.37. The minimum atomic E-state index is -0.203. The number of carbonyl (C=O) groups excluding carboxylic acids is 1. The van der Waals surface area contributed by atoms with Crippen molar-refractivity contribution in [3.63, 3.8) is 0 Å². The van der Waals surface area contributed by atoms with Crippen molar-refractivity contribution in [1.29, 1.82) is 0 Å². The number of fused-ring (bicyclic) bond motifs is 1. The third-order valence-corrected chi connectivity index (χ3v) is 5.49. The van der Waals surface area contributed by atoms with Crippen LogP contribution in [0.3, 0.4) is 0 Å². The van der Waals surface area contributed by atoms with E-state index in [1.54, 1.807) is 12.3 Å². The summed E-state index contributed by atoms with van der Waals surface area (Å²) in [6, 6.07) is 24.4. The van der Waals surface area contributed by atoms with Crippen LogP contribution in [0.15, 0.2) is 77.9 Å². The Balaban J connectivity index is 1.63. The lowest BCUT2D eigenvalue weighted by atomic mass is 10.1. The van der Waals surface area contributed by atoms with Crippen molar-refractivity contribution in [2.45, 2.75) is 27.3 Å². The van der Waals surface area contributed by atoms with E-state index in [1.165, 1.54) is 11.1 Å². The quantitative estimate of drug-likeness (QED) is 0.358. The van der Waals surface area contributed by atoms with E-state index in [-0.39, 0.29) is 5.91 Å². The first-order valence-corrected chi connectivity index (χ1v) is 10.1. The van der Waals surface area contributed by atoms with Crippen LogP contribution in [0.2, 0.25) is 0 Å². The smallest absolute Gasteiger partial charge is 0.271 e. The summed E-state index contributed by atoms with van der Waals surface area (Å²) in [5, 5.41) is 5.39. The third kappa shape index (κ3) is 3.90. The average molecular weight is 396 g/mol. The second-order valence-electron chi connectivity index (χ2n) is 7.60. The van der Waals surface area contributed by atoms with E-state index in [0.29, 0.717) is 5.56 Å². The molecule has 0 radical (unpaired) electrons. The van der Waals surface area contributed by atoms with Gasteiger partial charge in [-0.1, -0.05) is 66.2 Å². The second-order valence-corrected chi connectivity index (χ2v) is 7.60. The molecule has 4 aromatic rings. The molecule has 4 heteroatoms. The molecule has 1 amide bonds. The van der Waals surface area contributed by atoms with Crippen molar-refractivity contribution in [2.24, 2.45) is 5.10 Å². The van der Waals surface area contributed by atoms with Gasteiger partial charge in [-0.2, -0.15) is 5.10 Å². The van der Waals surface area contributed by atoms with E-state index in [2.05, 4.69) is 65.3 Å². The lowest BCUT2D eigenvalue weighted by Crippen LogP contribution is -2.18. The summed E-state index contributed by atoms with van der Waals surface area (Å²) in [5.74, 6) is -0.203. The van der Waals surface area contributed by atoms with E-state index in [4.69, 9.17) is 0 Å². The molecule has 150 valence electrons. The zero-order chi connectivity index (χ0) is 21.1. The fourth-order valence-corrected chi connectivity index (χ4v) is 3.74. The van der Waals surface area contributed by atoms with E-state index < -0.39 is 0 Å². The largest absolute Gasteiger partial charge is 0.340 e. The maximum Gasteiger partial charge on any atom is 0.271 e. The van der Waals surface area contributed by atoms with Gasteiger partial charge in [0.05, 0.1) is 6.21 Å². The monoisotopic (exact) mass is 395 g/mol. The molecule has 0 aliphatic heterocycles. The molecule has 0 saturated heterocycles. The highest BCUT2D eigenvalue weighted by molar-refractivity contribution is 6.02. The Kier molecular flexibility index (Phi) is 5.48. The first-order valence-electron chi connectivity index (χ1n) is 10.1. The fourth-order valence-electron chi connectivity index (χ4n) is 3.74. The molecule has 0 saturated carbocycles. The van der Waals surface area contributed by atoms with Crippen molar-refractivity contribution < 1.29 is 4.79 Å². The van der Waals surface area contributed by atoms with Gasteiger partial charge in [0.1, 0.15) is 0 Å². The van der Waals surface area contributed by atoms with Crippen LogP contribution >= 0.6 is 0 Å². The Morgan fingerprint density at radius 1 is 0.933 bits per heavy atom. The molecule has 0 atom stereocenters. The Labute approximate surface area is 176 Å². The summed E-state index contributed by atoms with van der Waals surface area (Å²) in [4.78, 5) is 12.4. The average Bonchev–Trinajstić information content (AvgIpc) is 3.01. The summed E-state index contributed by atoms with van der Waals surface area (Å²) in [6.07, 6.45) is 1.75. The summed E-state index contributed by atoms with van der Waals surface area (Å²) >= 11 is 0. The molecule has 0 spiro atoms. The van der Waals surface area contributed by atoms with Gasteiger partial charge in [0, 0.05) is 34.3 Å². The van der Waals surface area contributed by atoms with Gasteiger partial charge in [-0.3, -0.25) is 4.79 Å². The van der Waals surface area contributed by atoms with Crippen LogP contribution in [0.25, 0.3) is 10.9 Å². The van der Waals surface area contributed by atoms with Crippen LogP contribution in [0.5, 0.6) is 0 Å². The Morgan fingerprint density at radius 2 is 1.63 bits per heavy atom. The number of aryl methyl sites for hydroxylation is 2. The molecular weight excluding hydrogens is 370 g/mol. The molecule has 4 nitrogen and oxygen atoms in total. The molecular formula is C26H25N3O. The summed E-state index contributed by atoms with van der Waals surface area (Å²) in [6.45, 7) is 6.90. The lowest BCUT2D eigenvalue weighted by molar-refractivity contribution is 0.0954. The minimum Gasteiger partial charge on any atom is -0.340 e. The van der Waals surface area contributed by atoms with Crippen LogP contribution in [-0.2, 0) is 6.54 Å². The van der Waals surface area contributed by atoms with Gasteiger partial charge in [0.2, 0.25) is 0 Å². The van der Waals surface area contributed by atoms with E-state index in [1.807, 2.05) is 37.3 Å². The first kappa shape index (κ1) is 19.6. The highest BCUT2D eigenvalue weighted by Gasteiger charge is 2.13. The zero-order valence-electron chi connectivity index (χ0n) is 17.5. The highest BCUT2D eigenvalue weighted by atomic mass is 16.2. The Hall–Kier alpha value is -3.66. The van der Waals surface area contributed by atoms with Crippen molar-refractivity contribution in [1.82, 2.24) is 9.99 Å². The van der Waals surface area contributed by atoms with E-state index in [0.717, 1.165) is 34.3 Å². The number of rotatable bonds is 5. The SMILES string of the molecule is Cc1ccc(Cn2c(C)c(/C=N/NC(=O)c3ccccc3C)c3ccccc32)cc1. The maximum absolute atomic E-state index is 12.4. The van der Waals surface area contributed by atoms with Gasteiger partial charge in [-0.25, -0.2) is 5.43 Å². The fraction of sp³-hybridized carbons (Fsp3) is 0.154. The molecule has 1 aromatic heterocycles. The molecule has 1 heterocycles. The van der Waals surface area contributed by atoms with Crippen molar-refractivity contribution in [3.05, 3.63) is 106 Å². The maximum atomic E-state index is 12.4. The molecule has 0 fully saturated rings. The predicted molar refractivity (Wildman–Crippen MR) is 123 cm³/mol. The third-order valence-electron chi connectivity index (χ3n) is 5.49. The van der Waals surface area contributed by atoms with Gasteiger partial charge in [-0.15, -0.1) is 0 Å². The van der Waals surface area contributed by atoms with Gasteiger partial charge in [-0.05, 0) is 44.0 Å². The molecule has 0 aliphatic rings. The number of benzene rings is 3. The highest BCUT2D eigenvalue weighted by Crippen LogP contribution is 2.25. The Bertz CT molecular complexity index is 1230. The van der Waals surface area contributed by atoms with Crippen LogP contribution in [-0.4, -0.2) is 16.7 Å². The molecule has 0 bridgehead atoms. The Morgan fingerprint density at radius 3 is 2.40 bits per heavy atom. The number of nitrogens with zero attached hydrogens (tertiary/aromatic N) is 2. The molecule has 3 aromatic carbocycles. The van der Waals surface area contributed by atoms with Gasteiger partial charge < -0.3 is 4.57 Å². The molecule has 1 N–H and O–H groups in total.